The summed E-state index contributed by atoms with van der Waals surface area (Å²) >= 11 is 0. The monoisotopic (exact) mass is 314 g/mol. The van der Waals surface area contributed by atoms with Crippen molar-refractivity contribution in [3.05, 3.63) is 59.7 Å². The maximum Gasteiger partial charge on any atom is 0.311 e. The maximum atomic E-state index is 11.9. The van der Waals surface area contributed by atoms with E-state index < -0.39 is 5.97 Å². The predicted octanol–water partition coefficient (Wildman–Crippen LogP) is 2.95. The summed E-state index contributed by atoms with van der Waals surface area (Å²) in [5.74, 6) is -0.604. The molecule has 2 aromatic carbocycles. The molecule has 5 heteroatoms. The number of carbonyl (C=O) groups is 2. The lowest BCUT2D eigenvalue weighted by Gasteiger charge is -2.06. The highest BCUT2D eigenvalue weighted by atomic mass is 16.5. The zero-order valence-electron chi connectivity index (χ0n) is 12.6. The minimum atomic E-state index is -0.860. The molecule has 0 aliphatic carbocycles. The summed E-state index contributed by atoms with van der Waals surface area (Å²) in [5.41, 5.74) is 1.76. The molecule has 0 bridgehead atoms. The lowest BCUT2D eigenvalue weighted by atomic mass is 10.1. The van der Waals surface area contributed by atoms with Crippen LogP contribution in [0.25, 0.3) is 0 Å². The Morgan fingerprint density at radius 1 is 0.913 bits per heavy atom. The van der Waals surface area contributed by atoms with Crippen LogP contribution in [-0.2, 0) is 22.4 Å². The van der Waals surface area contributed by atoms with Gasteiger partial charge in [-0.25, -0.2) is 0 Å². The minimum Gasteiger partial charge on any atom is -0.508 e. The Bertz CT molecular complexity index is 676. The van der Waals surface area contributed by atoms with Crippen molar-refractivity contribution in [1.29, 1.82) is 0 Å². The number of ether oxygens (including phenoxy) is 1. The Morgan fingerprint density at radius 3 is 2.30 bits per heavy atom. The van der Waals surface area contributed by atoms with Crippen molar-refractivity contribution in [3.63, 3.8) is 0 Å². The largest absolute Gasteiger partial charge is 0.508 e. The van der Waals surface area contributed by atoms with E-state index in [-0.39, 0.29) is 24.6 Å². The lowest BCUT2D eigenvalue weighted by Crippen LogP contribution is -2.09. The van der Waals surface area contributed by atoms with E-state index in [1.165, 1.54) is 0 Å². The zero-order valence-corrected chi connectivity index (χ0v) is 12.6. The van der Waals surface area contributed by atoms with Crippen LogP contribution in [0.2, 0.25) is 0 Å². The quantitative estimate of drug-likeness (QED) is 0.606. The summed E-state index contributed by atoms with van der Waals surface area (Å²) in [6.07, 6.45) is 1.19. The van der Waals surface area contributed by atoms with Crippen molar-refractivity contribution in [1.82, 2.24) is 0 Å². The van der Waals surface area contributed by atoms with Gasteiger partial charge in [0, 0.05) is 12.8 Å². The summed E-state index contributed by atoms with van der Waals surface area (Å²) < 4.78 is 5.27. The fourth-order valence-corrected chi connectivity index (χ4v) is 2.11. The van der Waals surface area contributed by atoms with Crippen molar-refractivity contribution in [2.75, 3.05) is 0 Å². The number of benzene rings is 2. The molecule has 23 heavy (non-hydrogen) atoms. The van der Waals surface area contributed by atoms with Gasteiger partial charge in [0.1, 0.15) is 11.5 Å². The number of phenolic OH excluding ortho intramolecular Hbond substituents is 1. The molecule has 0 atom stereocenters. The molecular formula is C18H18O5. The van der Waals surface area contributed by atoms with Crippen LogP contribution in [0.5, 0.6) is 11.5 Å². The van der Waals surface area contributed by atoms with Crippen LogP contribution >= 0.6 is 0 Å². The van der Waals surface area contributed by atoms with E-state index in [0.717, 1.165) is 11.1 Å². The van der Waals surface area contributed by atoms with Gasteiger partial charge in [-0.1, -0.05) is 24.3 Å². The van der Waals surface area contributed by atoms with Crippen LogP contribution in [-0.4, -0.2) is 22.2 Å². The highest BCUT2D eigenvalue weighted by molar-refractivity contribution is 5.72. The average Bonchev–Trinajstić information content (AvgIpc) is 2.53. The first kappa shape index (κ1) is 16.5. The van der Waals surface area contributed by atoms with Gasteiger partial charge in [-0.15, -0.1) is 0 Å². The predicted molar refractivity (Wildman–Crippen MR) is 84.5 cm³/mol. The highest BCUT2D eigenvalue weighted by Gasteiger charge is 2.07. The second-order valence-corrected chi connectivity index (χ2v) is 5.18. The van der Waals surface area contributed by atoms with E-state index in [1.54, 1.807) is 48.5 Å². The molecule has 0 aliphatic rings. The normalized spacial score (nSPS) is 10.3. The number of phenols is 1. The number of hydrogen-bond donors (Lipinski definition) is 2. The van der Waals surface area contributed by atoms with Crippen LogP contribution < -0.4 is 4.74 Å². The van der Waals surface area contributed by atoms with E-state index in [9.17, 15) is 14.7 Å². The molecular weight excluding hydrogens is 296 g/mol. The van der Waals surface area contributed by atoms with Gasteiger partial charge in [0.05, 0.1) is 0 Å². The van der Waals surface area contributed by atoms with Crippen LogP contribution in [0, 0.1) is 0 Å². The first-order chi connectivity index (χ1) is 11.0. The summed E-state index contributed by atoms with van der Waals surface area (Å²) in [7, 11) is 0. The van der Waals surface area contributed by atoms with Crippen molar-refractivity contribution in [2.45, 2.75) is 25.7 Å². The highest BCUT2D eigenvalue weighted by Crippen LogP contribution is 2.16. The number of rotatable bonds is 7. The molecule has 2 rings (SSSR count). The van der Waals surface area contributed by atoms with Crippen molar-refractivity contribution < 1.29 is 24.5 Å². The average molecular weight is 314 g/mol. The Hall–Kier alpha value is -2.82. The molecule has 0 spiro atoms. The lowest BCUT2D eigenvalue weighted by molar-refractivity contribution is -0.137. The van der Waals surface area contributed by atoms with Crippen molar-refractivity contribution >= 4 is 11.9 Å². The second-order valence-electron chi connectivity index (χ2n) is 5.18. The van der Waals surface area contributed by atoms with E-state index >= 15 is 0 Å². The van der Waals surface area contributed by atoms with E-state index in [2.05, 4.69) is 0 Å². The van der Waals surface area contributed by atoms with Crippen LogP contribution in [0.4, 0.5) is 0 Å². The minimum absolute atomic E-state index is 0.0399. The molecule has 0 heterocycles. The third-order valence-corrected chi connectivity index (χ3v) is 3.31. The molecule has 5 nitrogen and oxygen atoms in total. The molecule has 0 radical (unpaired) electrons. The summed E-state index contributed by atoms with van der Waals surface area (Å²) in [6.45, 7) is 0. The number of carboxylic acids is 1. The molecule has 120 valence electrons. The number of hydrogen-bond acceptors (Lipinski definition) is 4. The van der Waals surface area contributed by atoms with Gasteiger partial charge in [0.25, 0.3) is 0 Å². The van der Waals surface area contributed by atoms with Gasteiger partial charge in [0.15, 0.2) is 0 Å². The third kappa shape index (κ3) is 5.82. The molecule has 2 aromatic rings. The van der Waals surface area contributed by atoms with Gasteiger partial charge < -0.3 is 14.9 Å². The molecule has 2 N–H and O–H groups in total. The SMILES string of the molecule is O=C(O)CCc1cccc(OC(=O)CCc2ccc(O)cc2)c1. The van der Waals surface area contributed by atoms with Gasteiger partial charge in [0.2, 0.25) is 0 Å². The van der Waals surface area contributed by atoms with E-state index in [4.69, 9.17) is 9.84 Å². The first-order valence-electron chi connectivity index (χ1n) is 7.32. The topological polar surface area (TPSA) is 83.8 Å². The van der Waals surface area contributed by atoms with Crippen LogP contribution in [0.1, 0.15) is 24.0 Å². The van der Waals surface area contributed by atoms with Crippen molar-refractivity contribution in [2.24, 2.45) is 0 Å². The smallest absolute Gasteiger partial charge is 0.311 e. The zero-order chi connectivity index (χ0) is 16.7. The van der Waals surface area contributed by atoms with Gasteiger partial charge in [-0.05, 0) is 48.2 Å². The number of aryl methyl sites for hydroxylation is 2. The molecule has 0 saturated heterocycles. The number of carbonyl (C=O) groups excluding carboxylic acids is 1. The standard InChI is InChI=1S/C18H18O5/c19-15-8-4-13(5-9-15)7-11-18(22)23-16-3-1-2-14(12-16)6-10-17(20)21/h1-5,8-9,12,19H,6-7,10-11H2,(H,20,21). The first-order valence-corrected chi connectivity index (χ1v) is 7.32. The Kier molecular flexibility index (Phi) is 5.74. The molecule has 0 aliphatic heterocycles. The molecule has 0 saturated carbocycles. The number of aliphatic carboxylic acids is 1. The summed E-state index contributed by atoms with van der Waals surface area (Å²) in [5, 5.41) is 17.9. The van der Waals surface area contributed by atoms with Gasteiger partial charge in [-0.3, -0.25) is 9.59 Å². The van der Waals surface area contributed by atoms with Gasteiger partial charge >= 0.3 is 11.9 Å². The van der Waals surface area contributed by atoms with Crippen molar-refractivity contribution in [3.8, 4) is 11.5 Å². The fraction of sp³-hybridized carbons (Fsp3) is 0.222. The maximum absolute atomic E-state index is 11.9. The Labute approximate surface area is 134 Å². The van der Waals surface area contributed by atoms with Crippen LogP contribution in [0.3, 0.4) is 0 Å². The van der Waals surface area contributed by atoms with E-state index in [1.807, 2.05) is 0 Å². The molecule has 0 unspecified atom stereocenters. The summed E-state index contributed by atoms with van der Waals surface area (Å²) in [4.78, 5) is 22.4. The fourth-order valence-electron chi connectivity index (χ4n) is 2.11. The molecule has 0 fully saturated rings. The Morgan fingerprint density at radius 2 is 1.61 bits per heavy atom. The van der Waals surface area contributed by atoms with Crippen LogP contribution in [0.15, 0.2) is 48.5 Å². The van der Waals surface area contributed by atoms with E-state index in [0.29, 0.717) is 18.6 Å². The van der Waals surface area contributed by atoms with Gasteiger partial charge in [-0.2, -0.15) is 0 Å². The number of carboxylic acid groups (broad SMARTS) is 1. The second kappa shape index (κ2) is 7.98. The Balaban J connectivity index is 1.86. The third-order valence-electron chi connectivity index (χ3n) is 3.31. The molecule has 0 aromatic heterocycles. The number of esters is 1. The summed E-state index contributed by atoms with van der Waals surface area (Å²) in [6, 6.07) is 13.6. The molecule has 0 amide bonds. The number of aromatic hydroxyl groups is 1.